The molecule has 2 N–H and O–H groups in total. The summed E-state index contributed by atoms with van der Waals surface area (Å²) in [5.74, 6) is 0.597. The number of aromatic nitrogens is 2. The van der Waals surface area contributed by atoms with Gasteiger partial charge in [-0.2, -0.15) is 0 Å². The number of nitrogens with zero attached hydrogens (tertiary/aromatic N) is 3. The van der Waals surface area contributed by atoms with E-state index in [0.717, 1.165) is 25.5 Å². The highest BCUT2D eigenvalue weighted by atomic mass is 16.3. The fourth-order valence-electron chi connectivity index (χ4n) is 1.78. The molecule has 2 heterocycles. The summed E-state index contributed by atoms with van der Waals surface area (Å²) in [6, 6.07) is -0.200. The zero-order valence-corrected chi connectivity index (χ0v) is 10.2. The lowest BCUT2D eigenvalue weighted by atomic mass is 10.3. The largest absolute Gasteiger partial charge is 0.394 e. The van der Waals surface area contributed by atoms with E-state index >= 15 is 0 Å². The topological polar surface area (TPSA) is 70.4 Å². The maximum Gasteiger partial charge on any atom is 0.274 e. The SMILES string of the molecule is CC(CO)N(C)C(=O)c1cn2c(n1)NCCC2. The number of aliphatic hydroxyl groups is 1. The van der Waals surface area contributed by atoms with E-state index < -0.39 is 0 Å². The van der Waals surface area contributed by atoms with Crippen LogP contribution in [0.1, 0.15) is 23.8 Å². The van der Waals surface area contributed by atoms with Crippen molar-refractivity contribution in [2.24, 2.45) is 0 Å². The van der Waals surface area contributed by atoms with Gasteiger partial charge in [0, 0.05) is 26.3 Å². The van der Waals surface area contributed by atoms with Gasteiger partial charge < -0.3 is 19.9 Å². The Hall–Kier alpha value is -1.56. The molecule has 1 amide bonds. The maximum absolute atomic E-state index is 12.1. The first-order valence-electron chi connectivity index (χ1n) is 5.82. The van der Waals surface area contributed by atoms with Crippen LogP contribution in [-0.2, 0) is 6.54 Å². The van der Waals surface area contributed by atoms with Crippen LogP contribution in [0, 0.1) is 0 Å². The van der Waals surface area contributed by atoms with E-state index in [2.05, 4.69) is 10.3 Å². The van der Waals surface area contributed by atoms with Crippen LogP contribution in [0.15, 0.2) is 6.20 Å². The summed E-state index contributed by atoms with van der Waals surface area (Å²) >= 11 is 0. The van der Waals surface area contributed by atoms with Gasteiger partial charge in [-0.1, -0.05) is 0 Å². The zero-order valence-electron chi connectivity index (χ0n) is 10.2. The second-order valence-electron chi connectivity index (χ2n) is 4.37. The number of hydrogen-bond acceptors (Lipinski definition) is 4. The zero-order chi connectivity index (χ0) is 12.4. The molecule has 0 saturated heterocycles. The molecule has 0 fully saturated rings. The van der Waals surface area contributed by atoms with Crippen molar-refractivity contribution in [3.05, 3.63) is 11.9 Å². The van der Waals surface area contributed by atoms with Gasteiger partial charge in [-0.3, -0.25) is 4.79 Å². The van der Waals surface area contributed by atoms with Crippen LogP contribution in [0.4, 0.5) is 5.95 Å². The van der Waals surface area contributed by atoms with Gasteiger partial charge in [0.15, 0.2) is 0 Å². The minimum absolute atomic E-state index is 0.0476. The van der Waals surface area contributed by atoms with Crippen LogP contribution >= 0.6 is 0 Å². The molecule has 6 heteroatoms. The van der Waals surface area contributed by atoms with Gasteiger partial charge in [0.25, 0.3) is 5.91 Å². The Balaban J connectivity index is 2.17. The first-order valence-corrected chi connectivity index (χ1v) is 5.82. The molecule has 0 saturated carbocycles. The maximum atomic E-state index is 12.1. The quantitative estimate of drug-likeness (QED) is 0.786. The number of likely N-dealkylation sites (N-methyl/N-ethyl adjacent to an activating group) is 1. The third-order valence-corrected chi connectivity index (χ3v) is 3.10. The Kier molecular flexibility index (Phi) is 3.33. The first kappa shape index (κ1) is 11.9. The molecular weight excluding hydrogens is 220 g/mol. The molecular formula is C11H18N4O2. The molecule has 1 aliphatic rings. The number of aliphatic hydroxyl groups excluding tert-OH is 1. The number of amides is 1. The van der Waals surface area contributed by atoms with E-state index in [1.165, 1.54) is 4.90 Å². The third kappa shape index (κ3) is 2.26. The van der Waals surface area contributed by atoms with Gasteiger partial charge in [-0.05, 0) is 13.3 Å². The lowest BCUT2D eigenvalue weighted by Gasteiger charge is -2.21. The molecule has 6 nitrogen and oxygen atoms in total. The van der Waals surface area contributed by atoms with Crippen molar-refractivity contribution in [1.82, 2.24) is 14.5 Å². The summed E-state index contributed by atoms with van der Waals surface area (Å²) in [6.45, 7) is 3.54. The Bertz CT molecular complexity index is 392. The van der Waals surface area contributed by atoms with Gasteiger partial charge >= 0.3 is 0 Å². The van der Waals surface area contributed by atoms with Crippen LogP contribution in [0.3, 0.4) is 0 Å². The van der Waals surface area contributed by atoms with Crippen molar-refractivity contribution in [1.29, 1.82) is 0 Å². The fraction of sp³-hybridized carbons (Fsp3) is 0.636. The average molecular weight is 238 g/mol. The average Bonchev–Trinajstić information content (AvgIpc) is 2.79. The summed E-state index contributed by atoms with van der Waals surface area (Å²) in [6.07, 6.45) is 2.81. The lowest BCUT2D eigenvalue weighted by molar-refractivity contribution is 0.0677. The summed E-state index contributed by atoms with van der Waals surface area (Å²) in [4.78, 5) is 17.8. The highest BCUT2D eigenvalue weighted by Crippen LogP contribution is 2.15. The normalized spacial score (nSPS) is 15.9. The lowest BCUT2D eigenvalue weighted by Crippen LogP contribution is -2.37. The summed E-state index contributed by atoms with van der Waals surface area (Å²) in [5.41, 5.74) is 0.428. The molecule has 0 spiro atoms. The van der Waals surface area contributed by atoms with E-state index in [9.17, 15) is 4.79 Å². The number of imidazole rings is 1. The Labute approximate surface area is 100 Å². The molecule has 94 valence electrons. The minimum Gasteiger partial charge on any atom is -0.394 e. The molecule has 2 rings (SSSR count). The summed E-state index contributed by atoms with van der Waals surface area (Å²) in [5, 5.41) is 12.2. The number of nitrogens with one attached hydrogen (secondary N) is 1. The third-order valence-electron chi connectivity index (χ3n) is 3.10. The van der Waals surface area contributed by atoms with Crippen molar-refractivity contribution in [2.75, 3.05) is 25.5 Å². The van der Waals surface area contributed by atoms with Crippen molar-refractivity contribution < 1.29 is 9.90 Å². The fourth-order valence-corrected chi connectivity index (χ4v) is 1.78. The van der Waals surface area contributed by atoms with Crippen LogP contribution in [-0.4, -0.2) is 51.7 Å². The predicted octanol–water partition coefficient (Wildman–Crippen LogP) is 0.151. The number of fused-ring (bicyclic) bond motifs is 1. The monoisotopic (exact) mass is 238 g/mol. The molecule has 1 aliphatic heterocycles. The van der Waals surface area contributed by atoms with Gasteiger partial charge in [0.2, 0.25) is 5.95 Å². The number of aryl methyl sites for hydroxylation is 1. The van der Waals surface area contributed by atoms with Gasteiger partial charge in [-0.25, -0.2) is 4.98 Å². The van der Waals surface area contributed by atoms with E-state index in [1.807, 2.05) is 4.57 Å². The predicted molar refractivity (Wildman–Crippen MR) is 64.0 cm³/mol. The standard InChI is InChI=1S/C11H18N4O2/c1-8(7-16)14(2)10(17)9-6-15-5-3-4-12-11(15)13-9/h6,8,16H,3-5,7H2,1-2H3,(H,12,13). The molecule has 0 radical (unpaired) electrons. The van der Waals surface area contributed by atoms with E-state index in [-0.39, 0.29) is 18.6 Å². The number of carbonyl (C=O) groups excluding carboxylic acids is 1. The number of hydrogen-bond donors (Lipinski definition) is 2. The smallest absolute Gasteiger partial charge is 0.274 e. The summed E-state index contributed by atoms with van der Waals surface area (Å²) in [7, 11) is 1.68. The van der Waals surface area contributed by atoms with E-state index in [0.29, 0.717) is 5.69 Å². The molecule has 1 atom stereocenters. The number of anilines is 1. The van der Waals surface area contributed by atoms with E-state index in [1.54, 1.807) is 20.2 Å². The van der Waals surface area contributed by atoms with Gasteiger partial charge in [0.05, 0.1) is 12.6 Å². The van der Waals surface area contributed by atoms with Crippen LogP contribution in [0.2, 0.25) is 0 Å². The number of rotatable bonds is 3. The summed E-state index contributed by atoms with van der Waals surface area (Å²) < 4.78 is 1.95. The van der Waals surface area contributed by atoms with Crippen molar-refractivity contribution in [2.45, 2.75) is 25.9 Å². The second-order valence-corrected chi connectivity index (χ2v) is 4.37. The Morgan fingerprint density at radius 1 is 1.76 bits per heavy atom. The van der Waals surface area contributed by atoms with Gasteiger partial charge in [0.1, 0.15) is 5.69 Å². The molecule has 1 unspecified atom stereocenters. The minimum atomic E-state index is -0.200. The van der Waals surface area contributed by atoms with Crippen LogP contribution in [0.5, 0.6) is 0 Å². The van der Waals surface area contributed by atoms with Crippen LogP contribution < -0.4 is 5.32 Å². The second kappa shape index (κ2) is 4.75. The first-order chi connectivity index (χ1) is 8.13. The number of carbonyl (C=O) groups is 1. The van der Waals surface area contributed by atoms with Crippen molar-refractivity contribution in [3.8, 4) is 0 Å². The van der Waals surface area contributed by atoms with E-state index in [4.69, 9.17) is 5.11 Å². The highest BCUT2D eigenvalue weighted by Gasteiger charge is 2.21. The van der Waals surface area contributed by atoms with Crippen LogP contribution in [0.25, 0.3) is 0 Å². The molecule has 0 aliphatic carbocycles. The Morgan fingerprint density at radius 2 is 2.53 bits per heavy atom. The van der Waals surface area contributed by atoms with Crippen molar-refractivity contribution >= 4 is 11.9 Å². The van der Waals surface area contributed by atoms with Crippen molar-refractivity contribution in [3.63, 3.8) is 0 Å². The molecule has 1 aromatic rings. The van der Waals surface area contributed by atoms with Gasteiger partial charge in [-0.15, -0.1) is 0 Å². The molecule has 0 bridgehead atoms. The Morgan fingerprint density at radius 3 is 3.18 bits per heavy atom. The molecule has 17 heavy (non-hydrogen) atoms. The molecule has 0 aromatic carbocycles. The highest BCUT2D eigenvalue weighted by molar-refractivity contribution is 5.92. The molecule has 1 aromatic heterocycles.